The van der Waals surface area contributed by atoms with Crippen LogP contribution in [0.2, 0.25) is 5.02 Å². The number of nitrogens with two attached hydrogens (primary N) is 1. The van der Waals surface area contributed by atoms with Gasteiger partial charge in [0.1, 0.15) is 10.4 Å². The number of benzene rings is 1. The maximum absolute atomic E-state index is 5.85. The lowest BCUT2D eigenvalue weighted by Crippen LogP contribution is -1.91. The van der Waals surface area contributed by atoms with E-state index in [0.717, 1.165) is 15.4 Å². The Kier molecular flexibility index (Phi) is 2.14. The minimum absolute atomic E-state index is 0.515. The number of fused-ring (bicyclic) bond motifs is 1. The molecular formula is C9H6BrClN2. The highest BCUT2D eigenvalue weighted by Crippen LogP contribution is 2.25. The van der Waals surface area contributed by atoms with Gasteiger partial charge in [-0.2, -0.15) is 0 Å². The number of anilines is 1. The first-order valence-electron chi connectivity index (χ1n) is 3.68. The fraction of sp³-hybridized carbons (Fsp3) is 0. The molecule has 0 fully saturated rings. The summed E-state index contributed by atoms with van der Waals surface area (Å²) in [7, 11) is 0. The van der Waals surface area contributed by atoms with E-state index in [1.807, 2.05) is 18.2 Å². The Labute approximate surface area is 88.8 Å². The molecule has 0 atom stereocenters. The van der Waals surface area contributed by atoms with E-state index >= 15 is 0 Å². The topological polar surface area (TPSA) is 38.9 Å². The molecule has 0 spiro atoms. The smallest absolute Gasteiger partial charge is 0.132 e. The molecule has 0 saturated heterocycles. The molecule has 0 aliphatic carbocycles. The van der Waals surface area contributed by atoms with Gasteiger partial charge in [0.25, 0.3) is 0 Å². The van der Waals surface area contributed by atoms with Crippen molar-refractivity contribution < 1.29 is 0 Å². The lowest BCUT2D eigenvalue weighted by Gasteiger charge is -2.02. The second-order valence-electron chi connectivity index (χ2n) is 2.70. The largest absolute Gasteiger partial charge is 0.383 e. The predicted molar refractivity (Wildman–Crippen MR) is 58.9 cm³/mol. The SMILES string of the molecule is Nc1nc(Br)cc2cc(Cl)ccc12. The second-order valence-corrected chi connectivity index (χ2v) is 3.94. The van der Waals surface area contributed by atoms with Crippen LogP contribution in [0.25, 0.3) is 10.8 Å². The van der Waals surface area contributed by atoms with E-state index in [1.54, 1.807) is 6.07 Å². The first-order valence-corrected chi connectivity index (χ1v) is 4.85. The highest BCUT2D eigenvalue weighted by molar-refractivity contribution is 9.10. The molecule has 0 unspecified atom stereocenters. The third-order valence-corrected chi connectivity index (χ3v) is 2.43. The summed E-state index contributed by atoms with van der Waals surface area (Å²) in [6.45, 7) is 0. The zero-order chi connectivity index (χ0) is 9.42. The monoisotopic (exact) mass is 256 g/mol. The highest BCUT2D eigenvalue weighted by atomic mass is 79.9. The molecule has 0 radical (unpaired) electrons. The Hall–Kier alpha value is -0.800. The molecule has 13 heavy (non-hydrogen) atoms. The lowest BCUT2D eigenvalue weighted by atomic mass is 10.2. The van der Waals surface area contributed by atoms with Crippen molar-refractivity contribution in [3.63, 3.8) is 0 Å². The zero-order valence-electron chi connectivity index (χ0n) is 6.59. The number of hydrogen-bond donors (Lipinski definition) is 1. The Balaban J connectivity index is 2.86. The molecule has 1 heterocycles. The van der Waals surface area contributed by atoms with Crippen LogP contribution in [0.4, 0.5) is 5.82 Å². The van der Waals surface area contributed by atoms with E-state index < -0.39 is 0 Å². The van der Waals surface area contributed by atoms with Crippen molar-refractivity contribution in [3.8, 4) is 0 Å². The highest BCUT2D eigenvalue weighted by Gasteiger charge is 2.01. The summed E-state index contributed by atoms with van der Waals surface area (Å²) in [6, 6.07) is 7.42. The number of aromatic nitrogens is 1. The molecule has 0 amide bonds. The van der Waals surface area contributed by atoms with Crippen LogP contribution in [0.1, 0.15) is 0 Å². The van der Waals surface area contributed by atoms with Crippen LogP contribution in [0.15, 0.2) is 28.9 Å². The van der Waals surface area contributed by atoms with Crippen molar-refractivity contribution in [2.24, 2.45) is 0 Å². The Morgan fingerprint density at radius 1 is 1.31 bits per heavy atom. The minimum Gasteiger partial charge on any atom is -0.383 e. The van der Waals surface area contributed by atoms with Gasteiger partial charge in [-0.15, -0.1) is 0 Å². The number of nitrogens with zero attached hydrogens (tertiary/aromatic N) is 1. The van der Waals surface area contributed by atoms with Crippen LogP contribution in [0, 0.1) is 0 Å². The maximum Gasteiger partial charge on any atom is 0.132 e. The molecule has 2 N–H and O–H groups in total. The van der Waals surface area contributed by atoms with Gasteiger partial charge in [0.05, 0.1) is 0 Å². The molecular weight excluding hydrogens is 251 g/mol. The van der Waals surface area contributed by atoms with Crippen LogP contribution in [0.5, 0.6) is 0 Å². The first kappa shape index (κ1) is 8.78. The molecule has 2 nitrogen and oxygen atoms in total. The van der Waals surface area contributed by atoms with E-state index in [4.69, 9.17) is 17.3 Å². The van der Waals surface area contributed by atoms with Crippen molar-refractivity contribution in [2.45, 2.75) is 0 Å². The van der Waals surface area contributed by atoms with Gasteiger partial charge in [0.2, 0.25) is 0 Å². The first-order chi connectivity index (χ1) is 6.16. The fourth-order valence-electron chi connectivity index (χ4n) is 1.22. The third kappa shape index (κ3) is 1.62. The van der Waals surface area contributed by atoms with E-state index in [-0.39, 0.29) is 0 Å². The van der Waals surface area contributed by atoms with Gasteiger partial charge < -0.3 is 5.73 Å². The van der Waals surface area contributed by atoms with Gasteiger partial charge >= 0.3 is 0 Å². The van der Waals surface area contributed by atoms with Crippen molar-refractivity contribution in [3.05, 3.63) is 33.9 Å². The molecule has 1 aromatic heterocycles. The van der Waals surface area contributed by atoms with Crippen molar-refractivity contribution in [1.82, 2.24) is 4.98 Å². The van der Waals surface area contributed by atoms with Crippen LogP contribution >= 0.6 is 27.5 Å². The Morgan fingerprint density at radius 2 is 2.08 bits per heavy atom. The summed E-state index contributed by atoms with van der Waals surface area (Å²) in [6.07, 6.45) is 0. The second kappa shape index (κ2) is 3.16. The molecule has 66 valence electrons. The van der Waals surface area contributed by atoms with Crippen molar-refractivity contribution in [1.29, 1.82) is 0 Å². The normalized spacial score (nSPS) is 10.6. The van der Waals surface area contributed by atoms with Crippen LogP contribution in [-0.2, 0) is 0 Å². The van der Waals surface area contributed by atoms with Crippen molar-refractivity contribution in [2.75, 3.05) is 5.73 Å². The molecule has 0 bridgehead atoms. The van der Waals surface area contributed by atoms with E-state index in [0.29, 0.717) is 10.8 Å². The standard InChI is InChI=1S/C9H6BrClN2/c10-8-4-5-3-6(11)1-2-7(5)9(12)13-8/h1-4H,(H2,12,13). The van der Waals surface area contributed by atoms with Gasteiger partial charge in [0, 0.05) is 10.4 Å². The summed E-state index contributed by atoms with van der Waals surface area (Å²) in [5.41, 5.74) is 5.72. The number of halogens is 2. The summed E-state index contributed by atoms with van der Waals surface area (Å²) >= 11 is 9.12. The molecule has 4 heteroatoms. The fourth-order valence-corrected chi connectivity index (χ4v) is 1.84. The van der Waals surface area contributed by atoms with Crippen LogP contribution in [0.3, 0.4) is 0 Å². The average molecular weight is 258 g/mol. The van der Waals surface area contributed by atoms with E-state index in [1.165, 1.54) is 0 Å². The molecule has 2 aromatic rings. The summed E-state index contributed by atoms with van der Waals surface area (Å²) in [4.78, 5) is 4.08. The molecule has 1 aromatic carbocycles. The Bertz CT molecular complexity index is 465. The van der Waals surface area contributed by atoms with Gasteiger partial charge in [0.15, 0.2) is 0 Å². The third-order valence-electron chi connectivity index (χ3n) is 1.79. The summed E-state index contributed by atoms with van der Waals surface area (Å²) in [5, 5.41) is 2.62. The van der Waals surface area contributed by atoms with Gasteiger partial charge in [-0.1, -0.05) is 11.6 Å². The number of nitrogen functional groups attached to an aromatic ring is 1. The average Bonchev–Trinajstić information content (AvgIpc) is 2.02. The van der Waals surface area contributed by atoms with E-state index in [2.05, 4.69) is 20.9 Å². The molecule has 0 aliphatic heterocycles. The minimum atomic E-state index is 0.515. The lowest BCUT2D eigenvalue weighted by molar-refractivity contribution is 1.32. The summed E-state index contributed by atoms with van der Waals surface area (Å²) < 4.78 is 0.722. The predicted octanol–water partition coefficient (Wildman–Crippen LogP) is 3.23. The van der Waals surface area contributed by atoms with Gasteiger partial charge in [-0.05, 0) is 45.6 Å². The van der Waals surface area contributed by atoms with Gasteiger partial charge in [-0.25, -0.2) is 4.98 Å². The molecule has 2 rings (SSSR count). The zero-order valence-corrected chi connectivity index (χ0v) is 8.93. The molecule has 0 saturated carbocycles. The number of rotatable bonds is 0. The maximum atomic E-state index is 5.85. The molecule has 0 aliphatic rings. The summed E-state index contributed by atoms with van der Waals surface area (Å²) in [5.74, 6) is 0.515. The van der Waals surface area contributed by atoms with Gasteiger partial charge in [-0.3, -0.25) is 0 Å². The van der Waals surface area contributed by atoms with Crippen LogP contribution < -0.4 is 5.73 Å². The van der Waals surface area contributed by atoms with Crippen LogP contribution in [-0.4, -0.2) is 4.98 Å². The number of hydrogen-bond acceptors (Lipinski definition) is 2. The van der Waals surface area contributed by atoms with Crippen molar-refractivity contribution >= 4 is 44.1 Å². The number of pyridine rings is 1. The van der Waals surface area contributed by atoms with E-state index in [9.17, 15) is 0 Å². The quantitative estimate of drug-likeness (QED) is 0.736. The Morgan fingerprint density at radius 3 is 2.85 bits per heavy atom.